The Kier molecular flexibility index (Phi) is 1.83. The number of carbonyl (C=O) groups excluding carboxylic acids is 1. The lowest BCUT2D eigenvalue weighted by Gasteiger charge is -2.10. The van der Waals surface area contributed by atoms with E-state index in [4.69, 9.17) is 0 Å². The molecule has 3 nitrogen and oxygen atoms in total. The number of allylic oxidation sites excluding steroid dienone is 1. The molecular weight excluding hydrogens is 173 g/mol. The first-order chi connectivity index (χ1) is 5.41. The number of carbonyl (C=O) groups is 1. The number of hydrogen-bond donors (Lipinski definition) is 0. The van der Waals surface area contributed by atoms with Crippen molar-refractivity contribution in [1.82, 2.24) is 0 Å². The van der Waals surface area contributed by atoms with Gasteiger partial charge in [0, 0.05) is 11.8 Å². The van der Waals surface area contributed by atoms with Gasteiger partial charge >= 0.3 is 12.2 Å². The molecule has 0 unspecified atom stereocenters. The monoisotopic (exact) mass is 176 g/mol. The first-order valence-corrected chi connectivity index (χ1v) is 2.84. The number of aliphatic imine (C=N–C) groups is 2. The first-order valence-electron chi connectivity index (χ1n) is 2.84. The maximum absolute atomic E-state index is 12.0. The van der Waals surface area contributed by atoms with E-state index in [9.17, 15) is 18.0 Å². The van der Waals surface area contributed by atoms with Gasteiger partial charge in [0.15, 0.2) is 5.71 Å². The van der Waals surface area contributed by atoms with Crippen molar-refractivity contribution in [1.29, 1.82) is 0 Å². The molecule has 6 heteroatoms. The summed E-state index contributed by atoms with van der Waals surface area (Å²) in [6, 6.07) is -1.16. The van der Waals surface area contributed by atoms with E-state index in [1.54, 1.807) is 0 Å². The van der Waals surface area contributed by atoms with Crippen molar-refractivity contribution in [3.8, 4) is 0 Å². The first kappa shape index (κ1) is 8.63. The molecule has 64 valence electrons. The van der Waals surface area contributed by atoms with E-state index in [0.717, 1.165) is 6.21 Å². The quantitative estimate of drug-likeness (QED) is 0.554. The Bertz CT molecular complexity index is 300. The number of hydrogen-bond acceptors (Lipinski definition) is 1. The summed E-state index contributed by atoms with van der Waals surface area (Å²) in [7, 11) is 0. The van der Waals surface area contributed by atoms with Gasteiger partial charge in [-0.2, -0.15) is 23.2 Å². The molecule has 0 aromatic carbocycles. The van der Waals surface area contributed by atoms with Crippen LogP contribution in [-0.2, 0) is 0 Å². The number of amides is 2. The molecule has 12 heavy (non-hydrogen) atoms. The number of alkyl halides is 3. The molecule has 1 rings (SSSR count). The fourth-order valence-corrected chi connectivity index (χ4v) is 0.636. The number of urea groups is 1. The molecule has 2 amide bonds. The second kappa shape index (κ2) is 2.54. The van der Waals surface area contributed by atoms with Gasteiger partial charge in [0.2, 0.25) is 0 Å². The number of rotatable bonds is 0. The van der Waals surface area contributed by atoms with Crippen LogP contribution in [0.25, 0.3) is 0 Å². The fourth-order valence-electron chi connectivity index (χ4n) is 0.636. The fraction of sp³-hybridized carbons (Fsp3) is 0.167. The SMILES string of the molecule is C=C1C=NC(=O)N=C1C(F)(F)F. The Hall–Kier alpha value is -1.46. The summed E-state index contributed by atoms with van der Waals surface area (Å²) < 4.78 is 35.9. The topological polar surface area (TPSA) is 41.8 Å². The van der Waals surface area contributed by atoms with Crippen LogP contribution in [-0.4, -0.2) is 24.1 Å². The zero-order chi connectivity index (χ0) is 9.35. The van der Waals surface area contributed by atoms with E-state index in [-0.39, 0.29) is 0 Å². The van der Waals surface area contributed by atoms with Crippen LogP contribution in [0.3, 0.4) is 0 Å². The highest BCUT2D eigenvalue weighted by Gasteiger charge is 2.38. The average Bonchev–Trinajstić information content (AvgIpc) is 1.92. The zero-order valence-electron chi connectivity index (χ0n) is 5.72. The van der Waals surface area contributed by atoms with Crippen LogP contribution in [0, 0.1) is 0 Å². The number of halogens is 3. The molecular formula is C6H3F3N2O. The lowest BCUT2D eigenvalue weighted by Crippen LogP contribution is -2.28. The minimum absolute atomic E-state index is 0.401. The Morgan fingerprint density at radius 3 is 2.42 bits per heavy atom. The smallest absolute Gasteiger partial charge is 0.244 e. The minimum atomic E-state index is -4.64. The van der Waals surface area contributed by atoms with E-state index in [2.05, 4.69) is 16.6 Å². The molecule has 0 spiro atoms. The molecule has 0 radical (unpaired) electrons. The van der Waals surface area contributed by atoms with E-state index >= 15 is 0 Å². The predicted octanol–water partition coefficient (Wildman–Crippen LogP) is 1.75. The maximum Gasteiger partial charge on any atom is 0.434 e. The molecule has 1 aliphatic rings. The second-order valence-electron chi connectivity index (χ2n) is 2.02. The molecule has 0 saturated heterocycles. The van der Waals surface area contributed by atoms with Crippen molar-refractivity contribution < 1.29 is 18.0 Å². The van der Waals surface area contributed by atoms with Crippen LogP contribution < -0.4 is 0 Å². The van der Waals surface area contributed by atoms with Gasteiger partial charge in [0.1, 0.15) is 0 Å². The standard InChI is InChI=1S/C6H3F3N2O/c1-3-2-10-5(12)11-4(3)6(7,8)9/h2H,1H2. The summed E-state index contributed by atoms with van der Waals surface area (Å²) in [6.45, 7) is 3.04. The van der Waals surface area contributed by atoms with Crippen molar-refractivity contribution >= 4 is 18.0 Å². The summed E-state index contributed by atoms with van der Waals surface area (Å²) in [5.74, 6) is 0. The van der Waals surface area contributed by atoms with Gasteiger partial charge in [-0.05, 0) is 0 Å². The Balaban J connectivity index is 3.05. The average molecular weight is 176 g/mol. The number of nitrogens with zero attached hydrogens (tertiary/aromatic N) is 2. The van der Waals surface area contributed by atoms with E-state index < -0.39 is 23.5 Å². The predicted molar refractivity (Wildman–Crippen MR) is 36.5 cm³/mol. The van der Waals surface area contributed by atoms with Gasteiger partial charge < -0.3 is 0 Å². The summed E-state index contributed by atoms with van der Waals surface area (Å²) in [4.78, 5) is 16.1. The van der Waals surface area contributed by atoms with Gasteiger partial charge in [0.25, 0.3) is 0 Å². The third-order valence-electron chi connectivity index (χ3n) is 1.11. The summed E-state index contributed by atoms with van der Waals surface area (Å²) in [5, 5.41) is 0. The summed E-state index contributed by atoms with van der Waals surface area (Å²) >= 11 is 0. The van der Waals surface area contributed by atoms with Crippen LogP contribution in [0.2, 0.25) is 0 Å². The largest absolute Gasteiger partial charge is 0.434 e. The molecule has 0 saturated carbocycles. The molecule has 0 N–H and O–H groups in total. The van der Waals surface area contributed by atoms with Gasteiger partial charge in [-0.3, -0.25) is 0 Å². The Morgan fingerprint density at radius 1 is 1.42 bits per heavy atom. The van der Waals surface area contributed by atoms with Crippen LogP contribution in [0.1, 0.15) is 0 Å². The zero-order valence-corrected chi connectivity index (χ0v) is 5.72. The molecule has 1 heterocycles. The van der Waals surface area contributed by atoms with Crippen LogP contribution >= 0.6 is 0 Å². The summed E-state index contributed by atoms with van der Waals surface area (Å²) in [5.41, 5.74) is -1.68. The van der Waals surface area contributed by atoms with Gasteiger partial charge in [-0.15, -0.1) is 0 Å². The van der Waals surface area contributed by atoms with Crippen LogP contribution in [0.15, 0.2) is 22.1 Å². The van der Waals surface area contributed by atoms with E-state index in [0.29, 0.717) is 0 Å². The van der Waals surface area contributed by atoms with Crippen LogP contribution in [0.4, 0.5) is 18.0 Å². The van der Waals surface area contributed by atoms with Crippen molar-refractivity contribution in [2.45, 2.75) is 6.18 Å². The van der Waals surface area contributed by atoms with Crippen LogP contribution in [0.5, 0.6) is 0 Å². The second-order valence-corrected chi connectivity index (χ2v) is 2.02. The van der Waals surface area contributed by atoms with Crippen molar-refractivity contribution in [2.75, 3.05) is 0 Å². The Labute approximate surface area is 65.3 Å². The molecule has 0 bridgehead atoms. The van der Waals surface area contributed by atoms with Crippen molar-refractivity contribution in [3.05, 3.63) is 12.2 Å². The molecule has 0 fully saturated rings. The highest BCUT2D eigenvalue weighted by molar-refractivity contribution is 6.24. The minimum Gasteiger partial charge on any atom is -0.244 e. The van der Waals surface area contributed by atoms with Gasteiger partial charge in [-0.1, -0.05) is 6.58 Å². The molecule has 0 aromatic rings. The van der Waals surface area contributed by atoms with E-state index in [1.165, 1.54) is 0 Å². The van der Waals surface area contributed by atoms with Crippen molar-refractivity contribution in [3.63, 3.8) is 0 Å². The highest BCUT2D eigenvalue weighted by atomic mass is 19.4. The van der Waals surface area contributed by atoms with Gasteiger partial charge in [0.05, 0.1) is 0 Å². The van der Waals surface area contributed by atoms with Gasteiger partial charge in [-0.25, -0.2) is 4.79 Å². The molecule has 0 atom stereocenters. The maximum atomic E-state index is 12.0. The summed E-state index contributed by atoms with van der Waals surface area (Å²) in [6.07, 6.45) is -3.89. The third kappa shape index (κ3) is 1.58. The van der Waals surface area contributed by atoms with E-state index in [1.807, 2.05) is 0 Å². The molecule has 0 aliphatic carbocycles. The third-order valence-corrected chi connectivity index (χ3v) is 1.11. The lowest BCUT2D eigenvalue weighted by molar-refractivity contribution is -0.0579. The molecule has 0 aromatic heterocycles. The molecule has 1 aliphatic heterocycles. The lowest BCUT2D eigenvalue weighted by atomic mass is 10.2. The van der Waals surface area contributed by atoms with Crippen molar-refractivity contribution in [2.24, 2.45) is 9.98 Å². The highest BCUT2D eigenvalue weighted by Crippen LogP contribution is 2.22. The normalized spacial score (nSPS) is 18.1. The Morgan fingerprint density at radius 2 is 2.00 bits per heavy atom.